The zero-order chi connectivity index (χ0) is 19.3. The molecule has 1 amide bonds. The van der Waals surface area contributed by atoms with Crippen LogP contribution in [0.4, 0.5) is 5.69 Å². The molecule has 0 heterocycles. The number of benzene rings is 2. The minimum atomic E-state index is -0.467. The summed E-state index contributed by atoms with van der Waals surface area (Å²) in [6, 6.07) is 8.23. The number of methoxy groups -OCH3 is 2. The molecule has 26 heavy (non-hydrogen) atoms. The van der Waals surface area contributed by atoms with Crippen LogP contribution in [-0.4, -0.2) is 32.7 Å². The summed E-state index contributed by atoms with van der Waals surface area (Å²) in [4.78, 5) is 24.4. The Balaban J connectivity index is 2.33. The highest BCUT2D eigenvalue weighted by Gasteiger charge is 2.17. The Bertz CT molecular complexity index is 835. The molecule has 2 aromatic carbocycles. The van der Waals surface area contributed by atoms with Crippen molar-refractivity contribution in [2.24, 2.45) is 0 Å². The third-order valence-corrected chi connectivity index (χ3v) is 4.28. The molecule has 2 rings (SSSR count). The lowest BCUT2D eigenvalue weighted by Gasteiger charge is -2.14. The second kappa shape index (κ2) is 8.71. The van der Waals surface area contributed by atoms with Crippen LogP contribution in [0.1, 0.15) is 33.2 Å². The summed E-state index contributed by atoms with van der Waals surface area (Å²) in [5.41, 5.74) is 2.10. The van der Waals surface area contributed by atoms with Crippen molar-refractivity contribution in [3.63, 3.8) is 0 Å². The third kappa shape index (κ3) is 4.35. The quantitative estimate of drug-likeness (QED) is 0.707. The molecule has 1 N–H and O–H groups in total. The van der Waals surface area contributed by atoms with E-state index in [1.807, 2.05) is 13.8 Å². The number of ether oxygens (including phenoxy) is 3. The second-order valence-corrected chi connectivity index (χ2v) is 6.25. The molecule has 7 heteroatoms. The normalized spacial score (nSPS) is 10.2. The van der Waals surface area contributed by atoms with Crippen LogP contribution in [0.5, 0.6) is 11.5 Å². The van der Waals surface area contributed by atoms with E-state index in [0.29, 0.717) is 39.4 Å². The molecule has 0 radical (unpaired) electrons. The molecule has 0 aliphatic rings. The van der Waals surface area contributed by atoms with Gasteiger partial charge in [-0.25, -0.2) is 4.79 Å². The first-order valence-corrected chi connectivity index (χ1v) is 8.71. The van der Waals surface area contributed by atoms with E-state index in [2.05, 4.69) is 21.2 Å². The van der Waals surface area contributed by atoms with Crippen molar-refractivity contribution in [2.45, 2.75) is 13.8 Å². The Morgan fingerprint density at radius 3 is 2.46 bits per heavy atom. The maximum atomic E-state index is 12.7. The third-order valence-electron chi connectivity index (χ3n) is 3.69. The van der Waals surface area contributed by atoms with E-state index in [9.17, 15) is 9.59 Å². The largest absolute Gasteiger partial charge is 0.493 e. The Hall–Kier alpha value is -2.54. The van der Waals surface area contributed by atoms with Crippen LogP contribution in [0, 0.1) is 6.92 Å². The Labute approximate surface area is 160 Å². The summed E-state index contributed by atoms with van der Waals surface area (Å²) in [5, 5.41) is 2.81. The smallest absolute Gasteiger partial charge is 0.337 e. The lowest BCUT2D eigenvalue weighted by atomic mass is 10.1. The molecule has 138 valence electrons. The van der Waals surface area contributed by atoms with Crippen molar-refractivity contribution in [1.29, 1.82) is 0 Å². The summed E-state index contributed by atoms with van der Waals surface area (Å²) in [6.45, 7) is 4.18. The highest BCUT2D eigenvalue weighted by molar-refractivity contribution is 9.10. The number of aryl methyl sites for hydroxylation is 1. The molecule has 0 saturated heterocycles. The van der Waals surface area contributed by atoms with E-state index >= 15 is 0 Å². The number of hydrogen-bond donors (Lipinski definition) is 1. The van der Waals surface area contributed by atoms with Crippen LogP contribution >= 0.6 is 15.9 Å². The van der Waals surface area contributed by atoms with Crippen molar-refractivity contribution in [1.82, 2.24) is 0 Å². The summed E-state index contributed by atoms with van der Waals surface area (Å²) < 4.78 is 16.2. The summed E-state index contributed by atoms with van der Waals surface area (Å²) in [5.74, 6) is 0.185. The predicted molar refractivity (Wildman–Crippen MR) is 102 cm³/mol. The molecule has 0 aromatic heterocycles. The van der Waals surface area contributed by atoms with Gasteiger partial charge in [-0.15, -0.1) is 0 Å². The SMILES string of the molecule is CCOc1c(Br)cc(C(=O)Nc2cc(C(=O)OC)ccc2C)cc1OC. The second-order valence-electron chi connectivity index (χ2n) is 5.40. The van der Waals surface area contributed by atoms with Gasteiger partial charge in [-0.3, -0.25) is 4.79 Å². The molecule has 0 unspecified atom stereocenters. The van der Waals surface area contributed by atoms with E-state index in [1.165, 1.54) is 14.2 Å². The number of esters is 1. The molecular formula is C19H20BrNO5. The fourth-order valence-corrected chi connectivity index (χ4v) is 2.89. The molecule has 0 fully saturated rings. The van der Waals surface area contributed by atoms with Gasteiger partial charge < -0.3 is 19.5 Å². The lowest BCUT2D eigenvalue weighted by molar-refractivity contribution is 0.0600. The Kier molecular flexibility index (Phi) is 6.63. The fraction of sp³-hybridized carbons (Fsp3) is 0.263. The number of hydrogen-bond acceptors (Lipinski definition) is 5. The van der Waals surface area contributed by atoms with Crippen LogP contribution in [0.3, 0.4) is 0 Å². The van der Waals surface area contributed by atoms with Crippen LogP contribution in [0.15, 0.2) is 34.8 Å². The van der Waals surface area contributed by atoms with Gasteiger partial charge in [0.15, 0.2) is 11.5 Å². The minimum absolute atomic E-state index is 0.336. The zero-order valence-electron chi connectivity index (χ0n) is 15.0. The first-order chi connectivity index (χ1) is 12.4. The van der Waals surface area contributed by atoms with Crippen molar-refractivity contribution in [3.8, 4) is 11.5 Å². The van der Waals surface area contributed by atoms with Crippen molar-refractivity contribution in [2.75, 3.05) is 26.1 Å². The molecule has 0 aliphatic heterocycles. The van der Waals surface area contributed by atoms with Gasteiger partial charge >= 0.3 is 5.97 Å². The van der Waals surface area contributed by atoms with Gasteiger partial charge in [0.1, 0.15) is 0 Å². The number of nitrogens with one attached hydrogen (secondary N) is 1. The van der Waals surface area contributed by atoms with E-state index in [1.54, 1.807) is 30.3 Å². The summed E-state index contributed by atoms with van der Waals surface area (Å²) in [6.07, 6.45) is 0. The Morgan fingerprint density at radius 2 is 1.85 bits per heavy atom. The van der Waals surface area contributed by atoms with Crippen molar-refractivity contribution < 1.29 is 23.8 Å². The number of anilines is 1. The maximum Gasteiger partial charge on any atom is 0.337 e. The summed E-state index contributed by atoms with van der Waals surface area (Å²) in [7, 11) is 2.82. The fourth-order valence-electron chi connectivity index (χ4n) is 2.33. The van der Waals surface area contributed by atoms with E-state index in [0.717, 1.165) is 5.56 Å². The number of carbonyl (C=O) groups is 2. The number of rotatable bonds is 6. The molecule has 0 atom stereocenters. The molecule has 0 bridgehead atoms. The van der Waals surface area contributed by atoms with Gasteiger partial charge in [0.2, 0.25) is 0 Å². The molecule has 2 aromatic rings. The lowest BCUT2D eigenvalue weighted by Crippen LogP contribution is -2.14. The molecule has 0 saturated carbocycles. The van der Waals surface area contributed by atoms with E-state index < -0.39 is 5.97 Å². The van der Waals surface area contributed by atoms with Crippen LogP contribution < -0.4 is 14.8 Å². The van der Waals surface area contributed by atoms with Gasteiger partial charge in [0.25, 0.3) is 5.91 Å². The van der Waals surface area contributed by atoms with Gasteiger partial charge in [0, 0.05) is 11.3 Å². The topological polar surface area (TPSA) is 73.9 Å². The minimum Gasteiger partial charge on any atom is -0.493 e. The molecule has 0 spiro atoms. The first-order valence-electron chi connectivity index (χ1n) is 7.91. The van der Waals surface area contributed by atoms with Crippen LogP contribution in [0.2, 0.25) is 0 Å². The molecular weight excluding hydrogens is 402 g/mol. The van der Waals surface area contributed by atoms with Gasteiger partial charge in [-0.05, 0) is 59.6 Å². The number of halogens is 1. The van der Waals surface area contributed by atoms with Crippen molar-refractivity contribution in [3.05, 3.63) is 51.5 Å². The summed E-state index contributed by atoms with van der Waals surface area (Å²) >= 11 is 3.40. The van der Waals surface area contributed by atoms with Gasteiger partial charge in [0.05, 0.1) is 30.9 Å². The Morgan fingerprint density at radius 1 is 1.12 bits per heavy atom. The van der Waals surface area contributed by atoms with Gasteiger partial charge in [-0.1, -0.05) is 6.07 Å². The highest BCUT2D eigenvalue weighted by Crippen LogP contribution is 2.37. The van der Waals surface area contributed by atoms with Crippen molar-refractivity contribution >= 4 is 33.5 Å². The average Bonchev–Trinajstić information content (AvgIpc) is 2.64. The van der Waals surface area contributed by atoms with E-state index in [-0.39, 0.29) is 5.91 Å². The number of carbonyl (C=O) groups excluding carboxylic acids is 2. The molecule has 6 nitrogen and oxygen atoms in total. The monoisotopic (exact) mass is 421 g/mol. The molecule has 0 aliphatic carbocycles. The maximum absolute atomic E-state index is 12.7. The predicted octanol–water partition coefficient (Wildman–Crippen LogP) is 4.20. The average molecular weight is 422 g/mol. The number of amides is 1. The van der Waals surface area contributed by atoms with Crippen LogP contribution in [0.25, 0.3) is 0 Å². The highest BCUT2D eigenvalue weighted by atomic mass is 79.9. The van der Waals surface area contributed by atoms with Gasteiger partial charge in [-0.2, -0.15) is 0 Å². The standard InChI is InChI=1S/C19H20BrNO5/c1-5-26-17-14(20)8-13(10-16(17)24-3)18(22)21-15-9-12(19(23)25-4)7-6-11(15)2/h6-10H,5H2,1-4H3,(H,21,22). The zero-order valence-corrected chi connectivity index (χ0v) is 16.6. The first kappa shape index (κ1) is 19.8. The van der Waals surface area contributed by atoms with E-state index in [4.69, 9.17) is 14.2 Å². The van der Waals surface area contributed by atoms with Crippen LogP contribution in [-0.2, 0) is 4.74 Å².